The first-order chi connectivity index (χ1) is 10.0. The molecule has 0 spiro atoms. The monoisotopic (exact) mass is 313 g/mol. The number of nitrogens with zero attached hydrogens (tertiary/aromatic N) is 2. The average molecular weight is 313 g/mol. The number of sulfonamides is 1. The van der Waals surface area contributed by atoms with Crippen LogP contribution in [0.4, 0.5) is 11.6 Å². The zero-order valence-corrected chi connectivity index (χ0v) is 13.3. The van der Waals surface area contributed by atoms with E-state index in [4.69, 9.17) is 0 Å². The highest BCUT2D eigenvalue weighted by Gasteiger charge is 2.27. The van der Waals surface area contributed by atoms with Gasteiger partial charge in [0.1, 0.15) is 17.5 Å². The molecule has 0 atom stereocenters. The van der Waals surface area contributed by atoms with Crippen LogP contribution in [0.15, 0.2) is 6.07 Å². The lowest BCUT2D eigenvalue weighted by atomic mass is 10.3. The zero-order chi connectivity index (χ0) is 15.3. The highest BCUT2D eigenvalue weighted by atomic mass is 32.2. The Bertz CT molecular complexity index is 572. The second kappa shape index (κ2) is 7.04. The van der Waals surface area contributed by atoms with Crippen molar-refractivity contribution in [3.63, 3.8) is 0 Å². The predicted molar refractivity (Wildman–Crippen MR) is 84.1 cm³/mol. The maximum Gasteiger partial charge on any atom is 0.213 e. The average Bonchev–Trinajstić information content (AvgIpc) is 3.22. The molecule has 1 aliphatic carbocycles. The summed E-state index contributed by atoms with van der Waals surface area (Å²) in [5.74, 6) is 2.78. The van der Waals surface area contributed by atoms with Crippen LogP contribution in [-0.4, -0.2) is 43.8 Å². The molecule has 0 radical (unpaired) electrons. The van der Waals surface area contributed by atoms with E-state index in [9.17, 15) is 8.42 Å². The van der Waals surface area contributed by atoms with Crippen LogP contribution in [0.2, 0.25) is 0 Å². The molecule has 1 aliphatic rings. The maximum absolute atomic E-state index is 11.6. The van der Waals surface area contributed by atoms with Crippen molar-refractivity contribution in [1.29, 1.82) is 0 Å². The molecule has 0 unspecified atom stereocenters. The highest BCUT2D eigenvalue weighted by Crippen LogP contribution is 2.38. The summed E-state index contributed by atoms with van der Waals surface area (Å²) in [4.78, 5) is 8.94. The predicted octanol–water partition coefficient (Wildman–Crippen LogP) is 1.14. The van der Waals surface area contributed by atoms with Gasteiger partial charge in [-0.15, -0.1) is 0 Å². The third kappa shape index (κ3) is 5.13. The fourth-order valence-corrected chi connectivity index (χ4v) is 2.91. The lowest BCUT2D eigenvalue weighted by molar-refractivity contribution is 0.584. The summed E-state index contributed by atoms with van der Waals surface area (Å²) in [5, 5.41) is 6.25. The first-order valence-electron chi connectivity index (χ1n) is 7.38. The van der Waals surface area contributed by atoms with Gasteiger partial charge in [-0.3, -0.25) is 0 Å². The largest absolute Gasteiger partial charge is 0.370 e. The number of nitrogens with one attached hydrogen (secondary N) is 3. The molecule has 8 heteroatoms. The maximum atomic E-state index is 11.6. The molecule has 1 heterocycles. The van der Waals surface area contributed by atoms with Gasteiger partial charge >= 0.3 is 0 Å². The normalized spacial score (nSPS) is 15.0. The van der Waals surface area contributed by atoms with Gasteiger partial charge in [0.2, 0.25) is 10.0 Å². The zero-order valence-electron chi connectivity index (χ0n) is 12.5. The molecule has 1 fully saturated rings. The Morgan fingerprint density at radius 1 is 1.14 bits per heavy atom. The summed E-state index contributed by atoms with van der Waals surface area (Å²) in [7, 11) is -3.21. The van der Waals surface area contributed by atoms with Crippen LogP contribution in [0.5, 0.6) is 0 Å². The van der Waals surface area contributed by atoms with Gasteiger partial charge in [-0.25, -0.2) is 23.1 Å². The number of rotatable bonds is 9. The third-order valence-electron chi connectivity index (χ3n) is 3.08. The van der Waals surface area contributed by atoms with Crippen molar-refractivity contribution in [3.8, 4) is 0 Å². The molecular weight excluding hydrogens is 290 g/mol. The molecule has 0 aliphatic heterocycles. The van der Waals surface area contributed by atoms with Gasteiger partial charge in [0.25, 0.3) is 0 Å². The molecule has 0 aromatic carbocycles. The summed E-state index contributed by atoms with van der Waals surface area (Å²) in [6.45, 7) is 5.29. The summed E-state index contributed by atoms with van der Waals surface area (Å²) in [6, 6.07) is 1.81. The Morgan fingerprint density at radius 2 is 1.81 bits per heavy atom. The summed E-state index contributed by atoms with van der Waals surface area (Å²) in [6.07, 6.45) is 2.26. The van der Waals surface area contributed by atoms with Crippen molar-refractivity contribution >= 4 is 21.7 Å². The standard InChI is InChI=1S/C13H23N5O2S/c1-3-14-11-9-12(18-13(17-11)10-5-6-10)15-7-8-21(19,20)16-4-2/h9-10,16H,3-8H2,1-2H3,(H2,14,15,17,18). The Hall–Kier alpha value is -1.41. The molecule has 0 saturated heterocycles. The SMILES string of the molecule is CCNc1cc(NCCS(=O)(=O)NCC)nc(C2CC2)n1. The Morgan fingerprint density at radius 3 is 2.38 bits per heavy atom. The number of hydrogen-bond donors (Lipinski definition) is 3. The molecule has 21 heavy (non-hydrogen) atoms. The lowest BCUT2D eigenvalue weighted by Gasteiger charge is -2.10. The van der Waals surface area contributed by atoms with Crippen molar-refractivity contribution in [2.24, 2.45) is 0 Å². The van der Waals surface area contributed by atoms with E-state index in [1.54, 1.807) is 6.92 Å². The molecule has 0 bridgehead atoms. The molecule has 1 aromatic heterocycles. The summed E-state index contributed by atoms with van der Waals surface area (Å²) in [5.41, 5.74) is 0. The molecule has 2 rings (SSSR count). The topological polar surface area (TPSA) is 96.0 Å². The van der Waals surface area contributed by atoms with Crippen molar-refractivity contribution < 1.29 is 8.42 Å². The lowest BCUT2D eigenvalue weighted by Crippen LogP contribution is -2.29. The van der Waals surface area contributed by atoms with E-state index in [1.165, 1.54) is 0 Å². The third-order valence-corrected chi connectivity index (χ3v) is 4.56. The Kier molecular flexibility index (Phi) is 5.35. The van der Waals surface area contributed by atoms with Gasteiger partial charge in [0.05, 0.1) is 5.75 Å². The molecule has 3 N–H and O–H groups in total. The number of aromatic nitrogens is 2. The molecular formula is C13H23N5O2S. The van der Waals surface area contributed by atoms with Crippen molar-refractivity contribution in [2.45, 2.75) is 32.6 Å². The van der Waals surface area contributed by atoms with E-state index < -0.39 is 10.0 Å². The van der Waals surface area contributed by atoms with Crippen LogP contribution in [0.1, 0.15) is 38.4 Å². The van der Waals surface area contributed by atoms with Crippen LogP contribution in [0.3, 0.4) is 0 Å². The van der Waals surface area contributed by atoms with Gasteiger partial charge < -0.3 is 10.6 Å². The minimum Gasteiger partial charge on any atom is -0.370 e. The fourth-order valence-electron chi connectivity index (χ4n) is 1.96. The first-order valence-corrected chi connectivity index (χ1v) is 9.03. The summed E-state index contributed by atoms with van der Waals surface area (Å²) < 4.78 is 25.6. The van der Waals surface area contributed by atoms with Gasteiger partial charge in [-0.05, 0) is 19.8 Å². The Labute approximate surface area is 126 Å². The minimum absolute atomic E-state index is 0.0279. The van der Waals surface area contributed by atoms with E-state index in [0.717, 1.165) is 31.0 Å². The second-order valence-electron chi connectivity index (χ2n) is 5.04. The van der Waals surface area contributed by atoms with Crippen LogP contribution in [0, 0.1) is 0 Å². The number of anilines is 2. The van der Waals surface area contributed by atoms with Crippen molar-refractivity contribution in [3.05, 3.63) is 11.9 Å². The van der Waals surface area contributed by atoms with Crippen LogP contribution >= 0.6 is 0 Å². The van der Waals surface area contributed by atoms with E-state index >= 15 is 0 Å². The molecule has 0 amide bonds. The van der Waals surface area contributed by atoms with Crippen LogP contribution < -0.4 is 15.4 Å². The minimum atomic E-state index is -3.21. The van der Waals surface area contributed by atoms with E-state index in [0.29, 0.717) is 24.8 Å². The van der Waals surface area contributed by atoms with Gasteiger partial charge in [0, 0.05) is 31.6 Å². The van der Waals surface area contributed by atoms with Gasteiger partial charge in [-0.2, -0.15) is 0 Å². The van der Waals surface area contributed by atoms with E-state index in [2.05, 4.69) is 25.3 Å². The van der Waals surface area contributed by atoms with Crippen molar-refractivity contribution in [1.82, 2.24) is 14.7 Å². The van der Waals surface area contributed by atoms with Gasteiger partial charge in [-0.1, -0.05) is 6.92 Å². The van der Waals surface area contributed by atoms with E-state index in [1.807, 2.05) is 13.0 Å². The molecule has 7 nitrogen and oxygen atoms in total. The molecule has 118 valence electrons. The van der Waals surface area contributed by atoms with Crippen molar-refractivity contribution in [2.75, 3.05) is 36.0 Å². The smallest absolute Gasteiger partial charge is 0.213 e. The first kappa shape index (κ1) is 16.0. The highest BCUT2D eigenvalue weighted by molar-refractivity contribution is 7.89. The van der Waals surface area contributed by atoms with E-state index in [-0.39, 0.29) is 5.75 Å². The second-order valence-corrected chi connectivity index (χ2v) is 6.97. The quantitative estimate of drug-likeness (QED) is 0.632. The van der Waals surface area contributed by atoms with Crippen LogP contribution in [-0.2, 0) is 10.0 Å². The number of hydrogen-bond acceptors (Lipinski definition) is 6. The Balaban J connectivity index is 1.98. The molecule has 1 saturated carbocycles. The molecule has 1 aromatic rings. The van der Waals surface area contributed by atoms with Crippen LogP contribution in [0.25, 0.3) is 0 Å². The van der Waals surface area contributed by atoms with Gasteiger partial charge in [0.15, 0.2) is 0 Å². The summed E-state index contributed by atoms with van der Waals surface area (Å²) >= 11 is 0. The fraction of sp³-hybridized carbons (Fsp3) is 0.692.